The number of rotatable bonds is 8. The minimum atomic E-state index is -3.89. The van der Waals surface area contributed by atoms with Crippen LogP contribution in [0.5, 0.6) is 0 Å². The van der Waals surface area contributed by atoms with Crippen LogP contribution >= 0.6 is 27.5 Å². The van der Waals surface area contributed by atoms with Crippen LogP contribution in [0.4, 0.5) is 0 Å². The lowest BCUT2D eigenvalue weighted by Gasteiger charge is -2.30. The molecule has 0 aliphatic heterocycles. The summed E-state index contributed by atoms with van der Waals surface area (Å²) in [5, 5.41) is 2.93. The third kappa shape index (κ3) is 6.04. The molecule has 0 radical (unpaired) electrons. The van der Waals surface area contributed by atoms with Gasteiger partial charge in [0.15, 0.2) is 0 Å². The Labute approximate surface area is 190 Å². The molecule has 2 aromatic carbocycles. The molecular weight excluding hydrogens is 494 g/mol. The van der Waals surface area contributed by atoms with Crippen LogP contribution in [0.15, 0.2) is 57.9 Å². The first-order chi connectivity index (χ1) is 14.1. The summed E-state index contributed by atoms with van der Waals surface area (Å²) in [5.74, 6) is -0.835. The monoisotopic (exact) mass is 515 g/mol. The summed E-state index contributed by atoms with van der Waals surface area (Å²) in [6, 6.07) is 12.2. The molecule has 2 aromatic rings. The number of likely N-dealkylation sites (N-methyl/N-ethyl adjacent to an activating group) is 2. The first-order valence-corrected chi connectivity index (χ1v) is 11.6. The van der Waals surface area contributed by atoms with Crippen molar-refractivity contribution in [1.82, 2.24) is 14.5 Å². The first kappa shape index (κ1) is 24.3. The molecule has 0 saturated carbocycles. The molecule has 0 saturated heterocycles. The number of carbonyl (C=O) groups is 2. The van der Waals surface area contributed by atoms with E-state index in [1.54, 1.807) is 6.92 Å². The molecule has 0 aliphatic rings. The van der Waals surface area contributed by atoms with Crippen LogP contribution in [0.2, 0.25) is 5.02 Å². The molecule has 0 aromatic heterocycles. The third-order valence-electron chi connectivity index (χ3n) is 4.56. The van der Waals surface area contributed by atoms with Gasteiger partial charge in [-0.3, -0.25) is 9.59 Å². The summed E-state index contributed by atoms with van der Waals surface area (Å²) in [6.07, 6.45) is 0. The van der Waals surface area contributed by atoms with Gasteiger partial charge in [-0.25, -0.2) is 8.42 Å². The van der Waals surface area contributed by atoms with Crippen molar-refractivity contribution in [2.45, 2.75) is 24.4 Å². The number of hydrogen-bond acceptors (Lipinski definition) is 4. The zero-order chi connectivity index (χ0) is 22.5. The molecule has 1 N–H and O–H groups in total. The standard InChI is InChI=1S/C20H23BrClN3O4S/c1-14(20(27)23-2)25(12-15-4-6-16(21)7-5-15)19(26)13-24(3)30(28,29)18-10-8-17(22)9-11-18/h4-11,14H,12-13H2,1-3H3,(H,23,27)/t14-/m1/s1. The van der Waals surface area contributed by atoms with E-state index >= 15 is 0 Å². The summed E-state index contributed by atoms with van der Waals surface area (Å²) >= 11 is 9.18. The summed E-state index contributed by atoms with van der Waals surface area (Å²) < 4.78 is 27.4. The van der Waals surface area contributed by atoms with Crippen LogP contribution in [0, 0.1) is 0 Å². The highest BCUT2D eigenvalue weighted by Crippen LogP contribution is 2.19. The Balaban J connectivity index is 2.24. The van der Waals surface area contributed by atoms with E-state index < -0.39 is 28.5 Å². The van der Waals surface area contributed by atoms with Gasteiger partial charge in [-0.1, -0.05) is 39.7 Å². The van der Waals surface area contributed by atoms with Crippen LogP contribution in [0.25, 0.3) is 0 Å². The Hall–Kier alpha value is -1.94. The normalized spacial score (nSPS) is 12.5. The van der Waals surface area contributed by atoms with Crippen LogP contribution < -0.4 is 5.32 Å². The fraction of sp³-hybridized carbons (Fsp3) is 0.300. The Morgan fingerprint density at radius 3 is 2.20 bits per heavy atom. The number of carbonyl (C=O) groups excluding carboxylic acids is 2. The van der Waals surface area contributed by atoms with Crippen LogP contribution in [0.3, 0.4) is 0 Å². The van der Waals surface area contributed by atoms with Gasteiger partial charge >= 0.3 is 0 Å². The zero-order valence-corrected chi connectivity index (χ0v) is 20.0. The van der Waals surface area contributed by atoms with Crippen LogP contribution in [-0.4, -0.2) is 56.1 Å². The van der Waals surface area contributed by atoms with E-state index in [4.69, 9.17) is 11.6 Å². The lowest BCUT2D eigenvalue weighted by atomic mass is 10.1. The highest BCUT2D eigenvalue weighted by molar-refractivity contribution is 9.10. The lowest BCUT2D eigenvalue weighted by Crippen LogP contribution is -2.50. The quantitative estimate of drug-likeness (QED) is 0.584. The van der Waals surface area contributed by atoms with E-state index in [1.807, 2.05) is 24.3 Å². The second-order valence-corrected chi connectivity index (χ2v) is 10.1. The minimum absolute atomic E-state index is 0.0287. The predicted octanol–water partition coefficient (Wildman–Crippen LogP) is 2.89. The average molecular weight is 517 g/mol. The molecule has 7 nitrogen and oxygen atoms in total. The van der Waals surface area contributed by atoms with Crippen molar-refractivity contribution in [2.75, 3.05) is 20.6 Å². The highest BCUT2D eigenvalue weighted by Gasteiger charge is 2.29. The molecule has 10 heteroatoms. The summed E-state index contributed by atoms with van der Waals surface area (Å²) in [4.78, 5) is 26.6. The molecule has 0 bridgehead atoms. The van der Waals surface area contributed by atoms with Gasteiger partial charge in [-0.05, 0) is 48.9 Å². The van der Waals surface area contributed by atoms with Crippen molar-refractivity contribution in [3.8, 4) is 0 Å². The van der Waals surface area contributed by atoms with Gasteiger partial charge in [-0.15, -0.1) is 0 Å². The van der Waals surface area contributed by atoms with E-state index in [0.29, 0.717) is 5.02 Å². The van der Waals surface area contributed by atoms with Crippen molar-refractivity contribution in [2.24, 2.45) is 0 Å². The molecule has 30 heavy (non-hydrogen) atoms. The van der Waals surface area contributed by atoms with Gasteiger partial charge in [0.05, 0.1) is 11.4 Å². The second kappa shape index (κ2) is 10.4. The van der Waals surface area contributed by atoms with Crippen LogP contribution in [0.1, 0.15) is 12.5 Å². The molecule has 0 fully saturated rings. The molecule has 0 aliphatic carbocycles. The van der Waals surface area contributed by atoms with Gasteiger partial charge in [0.2, 0.25) is 21.8 Å². The molecule has 0 heterocycles. The number of hydrogen-bond donors (Lipinski definition) is 1. The van der Waals surface area contributed by atoms with Gasteiger partial charge in [0.1, 0.15) is 6.04 Å². The molecule has 0 spiro atoms. The van der Waals surface area contributed by atoms with E-state index in [2.05, 4.69) is 21.2 Å². The van der Waals surface area contributed by atoms with E-state index in [-0.39, 0.29) is 17.3 Å². The fourth-order valence-corrected chi connectivity index (χ4v) is 4.24. The van der Waals surface area contributed by atoms with Gasteiger partial charge in [0, 0.05) is 30.1 Å². The highest BCUT2D eigenvalue weighted by atomic mass is 79.9. The molecule has 2 amide bonds. The topological polar surface area (TPSA) is 86.8 Å². The Morgan fingerprint density at radius 2 is 1.67 bits per heavy atom. The number of sulfonamides is 1. The number of nitrogens with one attached hydrogen (secondary N) is 1. The van der Waals surface area contributed by atoms with Crippen molar-refractivity contribution < 1.29 is 18.0 Å². The Morgan fingerprint density at radius 1 is 1.10 bits per heavy atom. The van der Waals surface area contributed by atoms with E-state index in [1.165, 1.54) is 43.3 Å². The number of halogens is 2. The molecular formula is C20H23BrClN3O4S. The number of amides is 2. The SMILES string of the molecule is CNC(=O)[C@@H](C)N(Cc1ccc(Br)cc1)C(=O)CN(C)S(=O)(=O)c1ccc(Cl)cc1. The largest absolute Gasteiger partial charge is 0.357 e. The minimum Gasteiger partial charge on any atom is -0.357 e. The molecule has 1 atom stereocenters. The number of benzene rings is 2. The average Bonchev–Trinajstić information content (AvgIpc) is 2.72. The maximum Gasteiger partial charge on any atom is 0.243 e. The first-order valence-electron chi connectivity index (χ1n) is 9.03. The van der Waals surface area contributed by atoms with Crippen molar-refractivity contribution in [3.63, 3.8) is 0 Å². The van der Waals surface area contributed by atoms with Gasteiger partial charge < -0.3 is 10.2 Å². The van der Waals surface area contributed by atoms with E-state index in [0.717, 1.165) is 14.3 Å². The lowest BCUT2D eigenvalue weighted by molar-refractivity contribution is -0.140. The van der Waals surface area contributed by atoms with Gasteiger partial charge in [0.25, 0.3) is 0 Å². The smallest absolute Gasteiger partial charge is 0.243 e. The molecule has 2 rings (SSSR count). The summed E-state index contributed by atoms with van der Waals surface area (Å²) in [7, 11) is -1.09. The maximum absolute atomic E-state index is 13.0. The second-order valence-electron chi connectivity index (χ2n) is 6.65. The Bertz CT molecular complexity index is 998. The van der Waals surface area contributed by atoms with Crippen LogP contribution in [-0.2, 0) is 26.2 Å². The fourth-order valence-electron chi connectivity index (χ4n) is 2.73. The summed E-state index contributed by atoms with van der Waals surface area (Å²) in [6.45, 7) is 1.35. The Kier molecular flexibility index (Phi) is 8.42. The third-order valence-corrected chi connectivity index (χ3v) is 7.16. The van der Waals surface area contributed by atoms with Crippen molar-refractivity contribution in [1.29, 1.82) is 0 Å². The predicted molar refractivity (Wildman–Crippen MR) is 119 cm³/mol. The maximum atomic E-state index is 13.0. The molecule has 0 unspecified atom stereocenters. The zero-order valence-electron chi connectivity index (χ0n) is 16.8. The van der Waals surface area contributed by atoms with Crippen molar-refractivity contribution >= 4 is 49.4 Å². The van der Waals surface area contributed by atoms with Gasteiger partial charge in [-0.2, -0.15) is 4.31 Å². The van der Waals surface area contributed by atoms with Crippen molar-refractivity contribution in [3.05, 3.63) is 63.6 Å². The number of nitrogens with zero attached hydrogens (tertiary/aromatic N) is 2. The molecule has 162 valence electrons. The summed E-state index contributed by atoms with van der Waals surface area (Å²) in [5.41, 5.74) is 0.811. The van der Waals surface area contributed by atoms with E-state index in [9.17, 15) is 18.0 Å².